The number of nitriles is 2. The second-order valence-corrected chi connectivity index (χ2v) is 5.22. The highest BCUT2D eigenvalue weighted by atomic mass is 16.2. The van der Waals surface area contributed by atoms with E-state index >= 15 is 0 Å². The molecule has 1 saturated carbocycles. The minimum Gasteiger partial charge on any atom is -0.373 e. The van der Waals surface area contributed by atoms with Crippen LogP contribution in [0, 0.1) is 22.7 Å². The van der Waals surface area contributed by atoms with Crippen molar-refractivity contribution < 1.29 is 9.59 Å². The maximum Gasteiger partial charge on any atom is 0.252 e. The third-order valence-corrected chi connectivity index (χ3v) is 3.70. The largest absolute Gasteiger partial charge is 0.373 e. The van der Waals surface area contributed by atoms with Gasteiger partial charge in [-0.3, -0.25) is 14.5 Å². The first kappa shape index (κ1) is 13.1. The third kappa shape index (κ3) is 2.32. The predicted molar refractivity (Wildman–Crippen MR) is 72.8 cm³/mol. The highest BCUT2D eigenvalue weighted by molar-refractivity contribution is 6.07. The number of rotatable bonds is 3. The van der Waals surface area contributed by atoms with Gasteiger partial charge in [0.15, 0.2) is 0 Å². The summed E-state index contributed by atoms with van der Waals surface area (Å²) in [6.07, 6.45) is 1.91. The van der Waals surface area contributed by atoms with Gasteiger partial charge in [0.05, 0.1) is 17.5 Å². The Morgan fingerprint density at radius 1 is 1.14 bits per heavy atom. The smallest absolute Gasteiger partial charge is 0.252 e. The van der Waals surface area contributed by atoms with E-state index in [4.69, 9.17) is 10.5 Å². The number of benzene rings is 1. The SMILES string of the molecule is N#Cc1ccc(NC2CC(=O)N(C3CC3)C2=O)cc1C#N. The summed E-state index contributed by atoms with van der Waals surface area (Å²) in [5, 5.41) is 20.9. The van der Waals surface area contributed by atoms with E-state index in [0.29, 0.717) is 5.69 Å². The van der Waals surface area contributed by atoms with Crippen LogP contribution in [0.4, 0.5) is 5.69 Å². The van der Waals surface area contributed by atoms with Crippen LogP contribution in [0.25, 0.3) is 0 Å². The van der Waals surface area contributed by atoms with Gasteiger partial charge in [-0.1, -0.05) is 0 Å². The molecule has 0 radical (unpaired) electrons. The Hall–Kier alpha value is -2.86. The third-order valence-electron chi connectivity index (χ3n) is 3.70. The second-order valence-electron chi connectivity index (χ2n) is 5.22. The lowest BCUT2D eigenvalue weighted by Gasteiger charge is -2.15. The lowest BCUT2D eigenvalue weighted by Crippen LogP contribution is -2.36. The first-order valence-electron chi connectivity index (χ1n) is 6.70. The molecule has 0 bridgehead atoms. The van der Waals surface area contributed by atoms with Gasteiger partial charge >= 0.3 is 0 Å². The summed E-state index contributed by atoms with van der Waals surface area (Å²) in [4.78, 5) is 25.4. The highest BCUT2D eigenvalue weighted by Gasteiger charge is 2.46. The molecule has 1 aliphatic carbocycles. The van der Waals surface area contributed by atoms with E-state index in [1.54, 1.807) is 6.07 Å². The lowest BCUT2D eigenvalue weighted by atomic mass is 10.1. The Kier molecular flexibility index (Phi) is 3.08. The van der Waals surface area contributed by atoms with Crippen LogP contribution in [-0.4, -0.2) is 28.8 Å². The molecule has 2 amide bonds. The number of imide groups is 1. The van der Waals surface area contributed by atoms with Crippen molar-refractivity contribution in [2.75, 3.05) is 5.32 Å². The quantitative estimate of drug-likeness (QED) is 0.837. The maximum absolute atomic E-state index is 12.2. The van der Waals surface area contributed by atoms with Crippen molar-refractivity contribution in [1.29, 1.82) is 10.5 Å². The topological polar surface area (TPSA) is 97.0 Å². The maximum atomic E-state index is 12.2. The molecule has 1 aromatic rings. The van der Waals surface area contributed by atoms with Crippen LogP contribution < -0.4 is 5.32 Å². The number of amides is 2. The first-order valence-corrected chi connectivity index (χ1v) is 6.70. The van der Waals surface area contributed by atoms with E-state index in [2.05, 4.69) is 5.32 Å². The van der Waals surface area contributed by atoms with Crippen LogP contribution in [-0.2, 0) is 9.59 Å². The molecular formula is C15H12N4O2. The summed E-state index contributed by atoms with van der Waals surface area (Å²) in [7, 11) is 0. The molecule has 2 fully saturated rings. The summed E-state index contributed by atoms with van der Waals surface area (Å²) in [6, 6.07) is 8.06. The Bertz CT molecular complexity index is 709. The standard InChI is InChI=1S/C15H12N4O2/c16-7-9-1-2-11(5-10(9)8-17)18-13-6-14(20)19(15(13)21)12-3-4-12/h1-2,5,12-13,18H,3-4,6H2. The van der Waals surface area contributed by atoms with Crippen molar-refractivity contribution in [3.8, 4) is 12.1 Å². The molecule has 0 aromatic heterocycles. The summed E-state index contributed by atoms with van der Waals surface area (Å²) in [5.74, 6) is -0.348. The van der Waals surface area contributed by atoms with Crippen LogP contribution in [0.2, 0.25) is 0 Å². The number of anilines is 1. The summed E-state index contributed by atoms with van der Waals surface area (Å²) >= 11 is 0. The number of likely N-dealkylation sites (tertiary alicyclic amines) is 1. The molecule has 6 heteroatoms. The molecule has 6 nitrogen and oxygen atoms in total. The zero-order chi connectivity index (χ0) is 15.0. The molecule has 1 heterocycles. The normalized spacial score (nSPS) is 21.0. The van der Waals surface area contributed by atoms with Crippen LogP contribution in [0.1, 0.15) is 30.4 Å². The van der Waals surface area contributed by atoms with Crippen molar-refractivity contribution >= 4 is 17.5 Å². The molecule has 104 valence electrons. The van der Waals surface area contributed by atoms with Gasteiger partial charge in [0, 0.05) is 11.7 Å². The molecule has 1 saturated heterocycles. The van der Waals surface area contributed by atoms with Crippen LogP contribution in [0.5, 0.6) is 0 Å². The Balaban J connectivity index is 1.79. The molecule has 1 atom stereocenters. The van der Waals surface area contributed by atoms with Crippen molar-refractivity contribution in [1.82, 2.24) is 4.90 Å². The predicted octanol–water partition coefficient (Wildman–Crippen LogP) is 1.13. The highest BCUT2D eigenvalue weighted by Crippen LogP contribution is 2.32. The Morgan fingerprint density at radius 3 is 2.48 bits per heavy atom. The fraction of sp³-hybridized carbons (Fsp3) is 0.333. The first-order chi connectivity index (χ1) is 10.1. The fourth-order valence-corrected chi connectivity index (χ4v) is 2.51. The minimum atomic E-state index is -0.586. The van der Waals surface area contributed by atoms with E-state index in [1.165, 1.54) is 17.0 Å². The van der Waals surface area contributed by atoms with E-state index in [1.807, 2.05) is 12.1 Å². The molecule has 1 N–H and O–H groups in total. The molecule has 1 aliphatic heterocycles. The monoisotopic (exact) mass is 280 g/mol. The fourth-order valence-electron chi connectivity index (χ4n) is 2.51. The van der Waals surface area contributed by atoms with E-state index in [9.17, 15) is 9.59 Å². The average Bonchev–Trinajstić information content (AvgIpc) is 3.27. The zero-order valence-electron chi connectivity index (χ0n) is 11.2. The Morgan fingerprint density at radius 2 is 1.86 bits per heavy atom. The number of carbonyl (C=O) groups is 2. The van der Waals surface area contributed by atoms with Gasteiger partial charge in [-0.2, -0.15) is 10.5 Å². The van der Waals surface area contributed by atoms with Crippen LogP contribution >= 0.6 is 0 Å². The zero-order valence-corrected chi connectivity index (χ0v) is 11.2. The van der Waals surface area contributed by atoms with Crippen molar-refractivity contribution in [3.05, 3.63) is 29.3 Å². The number of nitrogens with zero attached hydrogens (tertiary/aromatic N) is 3. The average molecular weight is 280 g/mol. The molecule has 1 aromatic carbocycles. The van der Waals surface area contributed by atoms with Crippen LogP contribution in [0.15, 0.2) is 18.2 Å². The second kappa shape index (κ2) is 4.92. The molecule has 21 heavy (non-hydrogen) atoms. The number of nitrogens with one attached hydrogen (secondary N) is 1. The van der Waals surface area contributed by atoms with Gasteiger partial charge in [0.2, 0.25) is 5.91 Å². The van der Waals surface area contributed by atoms with Gasteiger partial charge in [-0.25, -0.2) is 0 Å². The summed E-state index contributed by atoms with van der Waals surface area (Å²) < 4.78 is 0. The summed E-state index contributed by atoms with van der Waals surface area (Å²) in [6.45, 7) is 0. The van der Waals surface area contributed by atoms with Gasteiger partial charge in [-0.15, -0.1) is 0 Å². The molecule has 3 rings (SSSR count). The lowest BCUT2D eigenvalue weighted by molar-refractivity contribution is -0.139. The van der Waals surface area contributed by atoms with Gasteiger partial charge < -0.3 is 5.32 Å². The van der Waals surface area contributed by atoms with E-state index < -0.39 is 6.04 Å². The molecule has 1 unspecified atom stereocenters. The Labute approximate surface area is 121 Å². The van der Waals surface area contributed by atoms with E-state index in [-0.39, 0.29) is 35.4 Å². The van der Waals surface area contributed by atoms with E-state index in [0.717, 1.165) is 12.8 Å². The number of hydrogen-bond donors (Lipinski definition) is 1. The van der Waals surface area contributed by atoms with Crippen molar-refractivity contribution in [2.45, 2.75) is 31.3 Å². The van der Waals surface area contributed by atoms with Crippen LogP contribution in [0.3, 0.4) is 0 Å². The molecule has 2 aliphatic rings. The van der Waals surface area contributed by atoms with Crippen molar-refractivity contribution in [3.63, 3.8) is 0 Å². The molecule has 0 spiro atoms. The summed E-state index contributed by atoms with van der Waals surface area (Å²) in [5.41, 5.74) is 1.10. The van der Waals surface area contributed by atoms with Gasteiger partial charge in [-0.05, 0) is 31.0 Å². The van der Waals surface area contributed by atoms with Crippen molar-refractivity contribution in [2.24, 2.45) is 0 Å². The molecular weight excluding hydrogens is 268 g/mol. The van der Waals surface area contributed by atoms with Gasteiger partial charge in [0.1, 0.15) is 18.2 Å². The number of hydrogen-bond acceptors (Lipinski definition) is 5. The minimum absolute atomic E-state index is 0.0763. The van der Waals surface area contributed by atoms with Gasteiger partial charge in [0.25, 0.3) is 5.91 Å². The number of carbonyl (C=O) groups excluding carboxylic acids is 2.